The quantitative estimate of drug-likeness (QED) is 0.574. The molecule has 5 nitrogen and oxygen atoms in total. The zero-order valence-electron chi connectivity index (χ0n) is 16.5. The monoisotopic (exact) mass is 365 g/mol. The summed E-state index contributed by atoms with van der Waals surface area (Å²) in [5.74, 6) is 0.892. The van der Waals surface area contributed by atoms with Gasteiger partial charge in [0, 0.05) is 62.7 Å². The Morgan fingerprint density at radius 2 is 2.00 bits per heavy atom. The van der Waals surface area contributed by atoms with Gasteiger partial charge in [-0.15, -0.1) is 11.3 Å². The molecule has 1 aliphatic heterocycles. The molecular weight excluding hydrogens is 330 g/mol. The number of hydrogen-bond donors (Lipinski definition) is 2. The summed E-state index contributed by atoms with van der Waals surface area (Å²) >= 11 is 1.82. The van der Waals surface area contributed by atoms with E-state index in [0.717, 1.165) is 38.7 Å². The molecule has 0 radical (unpaired) electrons. The lowest BCUT2D eigenvalue weighted by atomic mass is 9.91. The van der Waals surface area contributed by atoms with Gasteiger partial charge in [-0.1, -0.05) is 26.8 Å². The standard InChI is InChI=1S/C19H35N5S/c1-6-23-9-11-24(12-10-23)16(2)14-21-18(20-5)22-15-19(3,4)17-8-7-13-25-17/h7-8,13,16H,6,9-12,14-15H2,1-5H3,(H2,20,21,22). The average molecular weight is 366 g/mol. The maximum Gasteiger partial charge on any atom is 0.191 e. The minimum Gasteiger partial charge on any atom is -0.356 e. The highest BCUT2D eigenvalue weighted by Crippen LogP contribution is 2.26. The van der Waals surface area contributed by atoms with E-state index in [2.05, 4.69) is 70.6 Å². The number of rotatable bonds is 7. The van der Waals surface area contributed by atoms with E-state index in [-0.39, 0.29) is 5.41 Å². The highest BCUT2D eigenvalue weighted by molar-refractivity contribution is 7.10. The molecule has 0 aromatic carbocycles. The van der Waals surface area contributed by atoms with Crippen LogP contribution in [-0.4, -0.2) is 74.7 Å². The van der Waals surface area contributed by atoms with E-state index in [1.807, 2.05) is 18.4 Å². The van der Waals surface area contributed by atoms with Crippen LogP contribution in [0.15, 0.2) is 22.5 Å². The van der Waals surface area contributed by atoms with Gasteiger partial charge in [0.1, 0.15) is 0 Å². The molecule has 1 atom stereocenters. The third-order valence-electron chi connectivity index (χ3n) is 5.15. The van der Waals surface area contributed by atoms with Gasteiger partial charge in [0.25, 0.3) is 0 Å². The van der Waals surface area contributed by atoms with E-state index in [1.165, 1.54) is 18.0 Å². The van der Waals surface area contributed by atoms with Crippen molar-refractivity contribution < 1.29 is 0 Å². The third kappa shape index (κ3) is 5.97. The van der Waals surface area contributed by atoms with Crippen molar-refractivity contribution in [3.63, 3.8) is 0 Å². The highest BCUT2D eigenvalue weighted by atomic mass is 32.1. The van der Waals surface area contributed by atoms with Crippen molar-refractivity contribution in [1.82, 2.24) is 20.4 Å². The first-order valence-corrected chi connectivity index (χ1v) is 10.3. The summed E-state index contributed by atoms with van der Waals surface area (Å²) in [7, 11) is 1.85. The number of hydrogen-bond acceptors (Lipinski definition) is 4. The lowest BCUT2D eigenvalue weighted by Gasteiger charge is -2.37. The number of likely N-dealkylation sites (N-methyl/N-ethyl adjacent to an activating group) is 1. The molecule has 1 fully saturated rings. The first-order valence-electron chi connectivity index (χ1n) is 9.41. The number of guanidine groups is 1. The van der Waals surface area contributed by atoms with E-state index >= 15 is 0 Å². The van der Waals surface area contributed by atoms with Crippen molar-refractivity contribution in [3.05, 3.63) is 22.4 Å². The molecule has 1 saturated heterocycles. The van der Waals surface area contributed by atoms with E-state index < -0.39 is 0 Å². The van der Waals surface area contributed by atoms with Crippen LogP contribution in [-0.2, 0) is 5.41 Å². The summed E-state index contributed by atoms with van der Waals surface area (Å²) in [6, 6.07) is 4.85. The Morgan fingerprint density at radius 1 is 1.28 bits per heavy atom. The Bertz CT molecular complexity index is 518. The maximum atomic E-state index is 4.39. The number of nitrogens with zero attached hydrogens (tertiary/aromatic N) is 3. The van der Waals surface area contributed by atoms with Gasteiger partial charge in [-0.3, -0.25) is 9.89 Å². The molecule has 142 valence electrons. The summed E-state index contributed by atoms with van der Waals surface area (Å²) in [5, 5.41) is 9.13. The fourth-order valence-electron chi connectivity index (χ4n) is 3.17. The molecule has 2 N–H and O–H groups in total. The van der Waals surface area contributed by atoms with Crippen LogP contribution >= 0.6 is 11.3 Å². The fourth-order valence-corrected chi connectivity index (χ4v) is 4.02. The summed E-state index contributed by atoms with van der Waals surface area (Å²) in [6.45, 7) is 16.7. The van der Waals surface area contributed by atoms with Gasteiger partial charge in [0.15, 0.2) is 5.96 Å². The minimum absolute atomic E-state index is 0.105. The number of nitrogens with one attached hydrogen (secondary N) is 2. The number of aliphatic imine (C=N–C) groups is 1. The molecule has 0 bridgehead atoms. The molecule has 1 unspecified atom stereocenters. The topological polar surface area (TPSA) is 42.9 Å². The normalized spacial score (nSPS) is 19.0. The Morgan fingerprint density at radius 3 is 2.56 bits per heavy atom. The molecule has 0 saturated carbocycles. The third-order valence-corrected chi connectivity index (χ3v) is 6.39. The summed E-state index contributed by atoms with van der Waals surface area (Å²) in [6.07, 6.45) is 0. The second-order valence-electron chi connectivity index (χ2n) is 7.49. The molecule has 1 aromatic rings. The SMILES string of the molecule is CCN1CCN(C(C)CNC(=NC)NCC(C)(C)c2cccs2)CC1. The molecule has 0 spiro atoms. The molecular formula is C19H35N5S. The van der Waals surface area contributed by atoms with Gasteiger partial charge in [0.2, 0.25) is 0 Å². The van der Waals surface area contributed by atoms with Crippen LogP contribution in [0.4, 0.5) is 0 Å². The summed E-state index contributed by atoms with van der Waals surface area (Å²) in [5.41, 5.74) is 0.105. The first-order chi connectivity index (χ1) is 12.0. The minimum atomic E-state index is 0.105. The number of piperazine rings is 1. The first kappa shape index (κ1) is 20.2. The number of thiophene rings is 1. The zero-order chi connectivity index (χ0) is 18.3. The van der Waals surface area contributed by atoms with Gasteiger partial charge in [-0.05, 0) is 24.9 Å². The van der Waals surface area contributed by atoms with Gasteiger partial charge in [0.05, 0.1) is 0 Å². The zero-order valence-corrected chi connectivity index (χ0v) is 17.3. The predicted octanol–water partition coefficient (Wildman–Crippen LogP) is 2.22. The Kier molecular flexibility index (Phi) is 7.72. The molecule has 25 heavy (non-hydrogen) atoms. The molecule has 1 aromatic heterocycles. The van der Waals surface area contributed by atoms with Crippen molar-refractivity contribution in [1.29, 1.82) is 0 Å². The molecule has 6 heteroatoms. The second-order valence-corrected chi connectivity index (χ2v) is 8.43. The van der Waals surface area contributed by atoms with Crippen molar-refractivity contribution in [2.75, 3.05) is 52.9 Å². The predicted molar refractivity (Wildman–Crippen MR) is 110 cm³/mol. The van der Waals surface area contributed by atoms with Crippen molar-refractivity contribution in [2.45, 2.75) is 39.2 Å². The van der Waals surface area contributed by atoms with Gasteiger partial charge in [-0.25, -0.2) is 0 Å². The maximum absolute atomic E-state index is 4.39. The summed E-state index contributed by atoms with van der Waals surface area (Å²) in [4.78, 5) is 10.9. The fraction of sp³-hybridized carbons (Fsp3) is 0.737. The van der Waals surface area contributed by atoms with Crippen LogP contribution in [0.3, 0.4) is 0 Å². The largest absolute Gasteiger partial charge is 0.356 e. The van der Waals surface area contributed by atoms with Crippen LogP contribution in [0.1, 0.15) is 32.6 Å². The Labute approximate surface area is 157 Å². The Balaban J connectivity index is 1.75. The van der Waals surface area contributed by atoms with E-state index in [4.69, 9.17) is 0 Å². The van der Waals surface area contributed by atoms with Gasteiger partial charge in [-0.2, -0.15) is 0 Å². The molecule has 0 aliphatic carbocycles. The Hall–Kier alpha value is -1.11. The average Bonchev–Trinajstić information content (AvgIpc) is 3.17. The second kappa shape index (κ2) is 9.55. The lowest BCUT2D eigenvalue weighted by Crippen LogP contribution is -2.53. The van der Waals surface area contributed by atoms with Gasteiger partial charge >= 0.3 is 0 Å². The molecule has 0 amide bonds. The van der Waals surface area contributed by atoms with Crippen LogP contribution in [0, 0.1) is 0 Å². The molecule has 1 aliphatic rings. The summed E-state index contributed by atoms with van der Waals surface area (Å²) < 4.78 is 0. The molecule has 2 rings (SSSR count). The van der Waals surface area contributed by atoms with Gasteiger partial charge < -0.3 is 15.5 Å². The van der Waals surface area contributed by atoms with Crippen molar-refractivity contribution in [2.24, 2.45) is 4.99 Å². The molecule has 2 heterocycles. The smallest absolute Gasteiger partial charge is 0.191 e. The van der Waals surface area contributed by atoms with E-state index in [1.54, 1.807) is 0 Å². The van der Waals surface area contributed by atoms with Crippen LogP contribution in [0.2, 0.25) is 0 Å². The van der Waals surface area contributed by atoms with Crippen molar-refractivity contribution >= 4 is 17.3 Å². The van der Waals surface area contributed by atoms with E-state index in [9.17, 15) is 0 Å². The highest BCUT2D eigenvalue weighted by Gasteiger charge is 2.23. The van der Waals surface area contributed by atoms with Crippen LogP contribution in [0.25, 0.3) is 0 Å². The van der Waals surface area contributed by atoms with Crippen molar-refractivity contribution in [3.8, 4) is 0 Å². The van der Waals surface area contributed by atoms with Crippen LogP contribution < -0.4 is 10.6 Å². The van der Waals surface area contributed by atoms with E-state index in [0.29, 0.717) is 6.04 Å². The lowest BCUT2D eigenvalue weighted by molar-refractivity contribution is 0.107. The van der Waals surface area contributed by atoms with Crippen LogP contribution in [0.5, 0.6) is 0 Å².